The molecule has 7 atom stereocenters. The Morgan fingerprint density at radius 3 is 2.79 bits per heavy atom. The number of hydrogen-bond donors (Lipinski definition) is 1. The Morgan fingerprint density at radius 2 is 2.05 bits per heavy atom. The summed E-state index contributed by atoms with van der Waals surface area (Å²) in [5.74, 6) is 4.24. The number of aliphatic hydroxyl groups is 1. The summed E-state index contributed by atoms with van der Waals surface area (Å²) in [7, 11) is 0. The first-order valence-electron chi connectivity index (χ1n) is 7.61. The molecule has 1 N–H and O–H groups in total. The maximum Gasteiger partial charge on any atom is 0.312 e. The zero-order chi connectivity index (χ0) is 13.2. The normalized spacial score (nSPS) is 52.7. The van der Waals surface area contributed by atoms with Gasteiger partial charge in [0.15, 0.2) is 0 Å². The van der Waals surface area contributed by atoms with Gasteiger partial charge in [-0.1, -0.05) is 12.2 Å². The average molecular weight is 262 g/mol. The Balaban J connectivity index is 1.58. The van der Waals surface area contributed by atoms with Crippen molar-refractivity contribution in [3.05, 3.63) is 12.2 Å². The molecule has 0 amide bonds. The third-order valence-corrected chi connectivity index (χ3v) is 6.44. The van der Waals surface area contributed by atoms with E-state index in [1.54, 1.807) is 0 Å². The second-order valence-corrected chi connectivity index (χ2v) is 7.19. The van der Waals surface area contributed by atoms with Crippen LogP contribution in [0.4, 0.5) is 0 Å². The lowest BCUT2D eigenvalue weighted by atomic mass is 9.63. The van der Waals surface area contributed by atoms with E-state index in [9.17, 15) is 4.79 Å². The fourth-order valence-corrected chi connectivity index (χ4v) is 5.91. The van der Waals surface area contributed by atoms with Gasteiger partial charge in [0.05, 0.1) is 12.0 Å². The summed E-state index contributed by atoms with van der Waals surface area (Å²) < 4.78 is 5.25. The van der Waals surface area contributed by atoms with Gasteiger partial charge < -0.3 is 9.84 Å². The van der Waals surface area contributed by atoms with Crippen LogP contribution in [0.5, 0.6) is 0 Å². The van der Waals surface area contributed by atoms with Crippen LogP contribution in [0.2, 0.25) is 0 Å². The van der Waals surface area contributed by atoms with Gasteiger partial charge in [-0.05, 0) is 61.7 Å². The van der Waals surface area contributed by atoms with Gasteiger partial charge in [-0.2, -0.15) is 0 Å². The molecule has 3 saturated carbocycles. The van der Waals surface area contributed by atoms with Crippen LogP contribution in [-0.4, -0.2) is 24.3 Å². The molecule has 0 aromatic heterocycles. The van der Waals surface area contributed by atoms with Crippen LogP contribution in [0.3, 0.4) is 0 Å². The number of aliphatic hydroxyl groups excluding tert-OH is 1. The molecule has 0 saturated heterocycles. The summed E-state index contributed by atoms with van der Waals surface area (Å²) in [6.45, 7) is 2.17. The molecule has 7 unspecified atom stereocenters. The molecule has 104 valence electrons. The molecule has 3 heteroatoms. The van der Waals surface area contributed by atoms with Crippen LogP contribution in [-0.2, 0) is 9.53 Å². The number of carbonyl (C=O) groups excluding carboxylic acids is 1. The standard InChI is InChI=1S/C16H22O3/c1-16(15(18)19-5-4-17)8-11-7-12(16)14-10-3-2-9(6-10)13(11)14/h2-3,9-14,17H,4-8H2,1H3. The first-order valence-corrected chi connectivity index (χ1v) is 7.61. The zero-order valence-corrected chi connectivity index (χ0v) is 11.4. The Bertz CT molecular complexity index is 443. The summed E-state index contributed by atoms with van der Waals surface area (Å²) in [5, 5.41) is 8.82. The number of hydrogen-bond acceptors (Lipinski definition) is 3. The number of esters is 1. The van der Waals surface area contributed by atoms with Crippen molar-refractivity contribution in [2.24, 2.45) is 40.9 Å². The molecule has 4 bridgehead atoms. The van der Waals surface area contributed by atoms with Crippen molar-refractivity contribution in [1.29, 1.82) is 0 Å². The summed E-state index contributed by atoms with van der Waals surface area (Å²) in [4.78, 5) is 12.4. The zero-order valence-electron chi connectivity index (χ0n) is 11.4. The highest BCUT2D eigenvalue weighted by Crippen LogP contribution is 2.70. The monoisotopic (exact) mass is 262 g/mol. The fourth-order valence-electron chi connectivity index (χ4n) is 5.91. The van der Waals surface area contributed by atoms with E-state index in [2.05, 4.69) is 19.1 Å². The van der Waals surface area contributed by atoms with Crippen LogP contribution in [0.1, 0.15) is 26.2 Å². The lowest BCUT2D eigenvalue weighted by Crippen LogP contribution is -2.43. The first kappa shape index (κ1) is 12.0. The van der Waals surface area contributed by atoms with Gasteiger partial charge in [0.2, 0.25) is 0 Å². The molecule has 4 rings (SSSR count). The second kappa shape index (κ2) is 3.85. The summed E-state index contributed by atoms with van der Waals surface area (Å²) in [5.41, 5.74) is -0.292. The molecule has 0 aromatic carbocycles. The minimum absolute atomic E-state index is 0.0701. The van der Waals surface area contributed by atoms with E-state index >= 15 is 0 Å². The van der Waals surface area contributed by atoms with Crippen molar-refractivity contribution in [3.8, 4) is 0 Å². The summed E-state index contributed by atoms with van der Waals surface area (Å²) in [6.07, 6.45) is 8.36. The predicted octanol–water partition coefficient (Wildman–Crippen LogP) is 2.01. The topological polar surface area (TPSA) is 46.5 Å². The lowest BCUT2D eigenvalue weighted by molar-refractivity contribution is -0.161. The highest BCUT2D eigenvalue weighted by atomic mass is 16.5. The van der Waals surface area contributed by atoms with E-state index in [0.29, 0.717) is 5.92 Å². The third kappa shape index (κ3) is 1.40. The summed E-state index contributed by atoms with van der Waals surface area (Å²) >= 11 is 0. The van der Waals surface area contributed by atoms with E-state index in [-0.39, 0.29) is 24.6 Å². The molecular formula is C16H22O3. The maximum atomic E-state index is 12.4. The van der Waals surface area contributed by atoms with Crippen molar-refractivity contribution in [1.82, 2.24) is 0 Å². The minimum atomic E-state index is -0.292. The molecule has 3 fully saturated rings. The van der Waals surface area contributed by atoms with Gasteiger partial charge in [-0.3, -0.25) is 4.79 Å². The number of allylic oxidation sites excluding steroid dienone is 2. The van der Waals surface area contributed by atoms with Crippen molar-refractivity contribution in [2.75, 3.05) is 13.2 Å². The molecule has 3 nitrogen and oxygen atoms in total. The van der Waals surface area contributed by atoms with Gasteiger partial charge in [0.25, 0.3) is 0 Å². The SMILES string of the molecule is CC1(C(=O)OCCO)CC2CC1C1C3C=CC(C3)C21. The maximum absolute atomic E-state index is 12.4. The molecule has 0 spiro atoms. The minimum Gasteiger partial charge on any atom is -0.463 e. The number of carbonyl (C=O) groups is 1. The fraction of sp³-hybridized carbons (Fsp3) is 0.812. The molecule has 0 heterocycles. The van der Waals surface area contributed by atoms with Gasteiger partial charge in [0, 0.05) is 0 Å². The Labute approximate surface area is 114 Å². The van der Waals surface area contributed by atoms with Crippen LogP contribution in [0, 0.1) is 40.9 Å². The van der Waals surface area contributed by atoms with Crippen LogP contribution >= 0.6 is 0 Å². The van der Waals surface area contributed by atoms with E-state index < -0.39 is 0 Å². The Kier molecular flexibility index (Phi) is 2.42. The number of rotatable bonds is 3. The van der Waals surface area contributed by atoms with Crippen molar-refractivity contribution in [3.63, 3.8) is 0 Å². The third-order valence-electron chi connectivity index (χ3n) is 6.44. The molecule has 0 aromatic rings. The van der Waals surface area contributed by atoms with Gasteiger partial charge in [0.1, 0.15) is 6.61 Å². The van der Waals surface area contributed by atoms with E-state index in [0.717, 1.165) is 36.0 Å². The van der Waals surface area contributed by atoms with Crippen LogP contribution < -0.4 is 0 Å². The average Bonchev–Trinajstić information content (AvgIpc) is 3.12. The highest BCUT2D eigenvalue weighted by molar-refractivity contribution is 5.77. The number of ether oxygens (including phenoxy) is 1. The van der Waals surface area contributed by atoms with Crippen molar-refractivity contribution < 1.29 is 14.6 Å². The number of fused-ring (bicyclic) bond motifs is 9. The Morgan fingerprint density at radius 1 is 1.32 bits per heavy atom. The largest absolute Gasteiger partial charge is 0.463 e. The molecule has 19 heavy (non-hydrogen) atoms. The van der Waals surface area contributed by atoms with Gasteiger partial charge in [-0.15, -0.1) is 0 Å². The molecule has 0 aliphatic heterocycles. The smallest absolute Gasteiger partial charge is 0.312 e. The molecule has 4 aliphatic rings. The van der Waals surface area contributed by atoms with Crippen LogP contribution in [0.15, 0.2) is 12.2 Å². The van der Waals surface area contributed by atoms with Crippen molar-refractivity contribution >= 4 is 5.97 Å². The quantitative estimate of drug-likeness (QED) is 0.481. The molecule has 0 radical (unpaired) electrons. The predicted molar refractivity (Wildman–Crippen MR) is 70.1 cm³/mol. The van der Waals surface area contributed by atoms with E-state index in [1.807, 2.05) is 0 Å². The first-order chi connectivity index (χ1) is 9.15. The second-order valence-electron chi connectivity index (χ2n) is 7.19. The van der Waals surface area contributed by atoms with Gasteiger partial charge in [-0.25, -0.2) is 0 Å². The molecule has 4 aliphatic carbocycles. The van der Waals surface area contributed by atoms with Crippen molar-refractivity contribution in [2.45, 2.75) is 26.2 Å². The summed E-state index contributed by atoms with van der Waals surface area (Å²) in [6, 6.07) is 0. The lowest BCUT2D eigenvalue weighted by Gasteiger charge is -2.41. The highest BCUT2D eigenvalue weighted by Gasteiger charge is 2.66. The van der Waals surface area contributed by atoms with E-state index in [4.69, 9.17) is 9.84 Å². The van der Waals surface area contributed by atoms with E-state index in [1.165, 1.54) is 12.8 Å². The Hall–Kier alpha value is -0.830. The van der Waals surface area contributed by atoms with Gasteiger partial charge >= 0.3 is 5.97 Å². The molecular weight excluding hydrogens is 240 g/mol. The van der Waals surface area contributed by atoms with Crippen LogP contribution in [0.25, 0.3) is 0 Å².